The molecule has 1 aromatic carbocycles. The molecule has 0 radical (unpaired) electrons. The fraction of sp³-hybridized carbons (Fsp3) is 0.533. The summed E-state index contributed by atoms with van der Waals surface area (Å²) >= 11 is 0. The molecular formula is C15H17NO3. The highest BCUT2D eigenvalue weighted by atomic mass is 16.5. The lowest BCUT2D eigenvalue weighted by Gasteiger charge is -2.55. The molecule has 2 aliphatic rings. The van der Waals surface area contributed by atoms with Gasteiger partial charge in [0.2, 0.25) is 0 Å². The van der Waals surface area contributed by atoms with Crippen molar-refractivity contribution in [2.75, 3.05) is 33.5 Å². The predicted molar refractivity (Wildman–Crippen MR) is 69.1 cm³/mol. The number of hydrogen-bond acceptors (Lipinski definition) is 4. The van der Waals surface area contributed by atoms with Crippen LogP contribution in [0.1, 0.15) is 11.1 Å². The number of aryl methyl sites for hydroxylation is 1. The lowest BCUT2D eigenvalue weighted by Crippen LogP contribution is -2.66. The second-order valence-corrected chi connectivity index (χ2v) is 5.45. The van der Waals surface area contributed by atoms with Crippen molar-refractivity contribution in [3.63, 3.8) is 0 Å². The van der Waals surface area contributed by atoms with Crippen LogP contribution in [0.4, 0.5) is 0 Å². The van der Waals surface area contributed by atoms with Crippen molar-refractivity contribution in [2.45, 2.75) is 12.3 Å². The van der Waals surface area contributed by atoms with Crippen molar-refractivity contribution in [2.24, 2.45) is 5.41 Å². The Morgan fingerprint density at radius 2 is 1.89 bits per heavy atom. The average molecular weight is 259 g/mol. The quantitative estimate of drug-likeness (QED) is 0.830. The zero-order valence-electron chi connectivity index (χ0n) is 11.2. The summed E-state index contributed by atoms with van der Waals surface area (Å²) in [6.45, 7) is 4.20. The highest BCUT2D eigenvalue weighted by Crippen LogP contribution is 2.51. The van der Waals surface area contributed by atoms with Crippen molar-refractivity contribution in [1.29, 1.82) is 5.26 Å². The second-order valence-electron chi connectivity index (χ2n) is 5.45. The summed E-state index contributed by atoms with van der Waals surface area (Å²) in [6, 6.07) is 8.59. The van der Waals surface area contributed by atoms with Crippen molar-refractivity contribution < 1.29 is 14.2 Å². The Morgan fingerprint density at radius 1 is 1.21 bits per heavy atom. The summed E-state index contributed by atoms with van der Waals surface area (Å²) in [5, 5.41) is 9.56. The van der Waals surface area contributed by atoms with Crippen molar-refractivity contribution >= 4 is 0 Å². The number of nitriles is 1. The largest absolute Gasteiger partial charge is 0.496 e. The van der Waals surface area contributed by atoms with Gasteiger partial charge in [-0.2, -0.15) is 5.26 Å². The van der Waals surface area contributed by atoms with E-state index in [4.69, 9.17) is 14.2 Å². The lowest BCUT2D eigenvalue weighted by atomic mass is 9.58. The lowest BCUT2D eigenvalue weighted by molar-refractivity contribution is -0.201. The smallest absolute Gasteiger partial charge is 0.121 e. The van der Waals surface area contributed by atoms with E-state index >= 15 is 0 Å². The summed E-state index contributed by atoms with van der Waals surface area (Å²) in [4.78, 5) is 0. The van der Waals surface area contributed by atoms with E-state index in [1.807, 2.05) is 19.1 Å². The molecule has 0 aliphatic carbocycles. The first-order valence-electron chi connectivity index (χ1n) is 6.39. The van der Waals surface area contributed by atoms with Gasteiger partial charge in [-0.25, -0.2) is 0 Å². The van der Waals surface area contributed by atoms with E-state index in [0.717, 1.165) is 16.9 Å². The van der Waals surface area contributed by atoms with Gasteiger partial charge in [-0.15, -0.1) is 0 Å². The van der Waals surface area contributed by atoms with Gasteiger partial charge in [0.1, 0.15) is 11.2 Å². The summed E-state index contributed by atoms with van der Waals surface area (Å²) in [5.41, 5.74) is 1.57. The van der Waals surface area contributed by atoms with E-state index in [9.17, 15) is 5.26 Å². The third kappa shape index (κ3) is 1.52. The normalized spacial score (nSPS) is 22.8. The Kier molecular flexibility index (Phi) is 2.77. The molecule has 0 N–H and O–H groups in total. The summed E-state index contributed by atoms with van der Waals surface area (Å²) < 4.78 is 16.0. The van der Waals surface area contributed by atoms with E-state index in [0.29, 0.717) is 26.4 Å². The molecule has 0 aromatic heterocycles. The molecule has 2 fully saturated rings. The van der Waals surface area contributed by atoms with E-state index in [2.05, 4.69) is 12.1 Å². The maximum absolute atomic E-state index is 9.56. The Balaban J connectivity index is 2.03. The highest BCUT2D eigenvalue weighted by Gasteiger charge is 2.62. The van der Waals surface area contributed by atoms with Gasteiger partial charge in [0, 0.05) is 0 Å². The van der Waals surface area contributed by atoms with Gasteiger partial charge in [0.05, 0.1) is 45.0 Å². The molecular weight excluding hydrogens is 242 g/mol. The van der Waals surface area contributed by atoms with Crippen LogP contribution in [0.25, 0.3) is 0 Å². The van der Waals surface area contributed by atoms with Crippen molar-refractivity contribution in [3.8, 4) is 11.8 Å². The number of rotatable bonds is 3. The Hall–Kier alpha value is -1.57. The van der Waals surface area contributed by atoms with Crippen LogP contribution in [-0.2, 0) is 14.9 Å². The minimum absolute atomic E-state index is 0.225. The first kappa shape index (κ1) is 12.5. The number of nitrogens with zero attached hydrogens (tertiary/aromatic N) is 1. The van der Waals surface area contributed by atoms with Crippen LogP contribution in [-0.4, -0.2) is 33.5 Å². The van der Waals surface area contributed by atoms with Crippen molar-refractivity contribution in [1.82, 2.24) is 0 Å². The minimum Gasteiger partial charge on any atom is -0.496 e. The van der Waals surface area contributed by atoms with Gasteiger partial charge in [0.15, 0.2) is 0 Å². The van der Waals surface area contributed by atoms with Crippen LogP contribution in [0, 0.1) is 23.7 Å². The van der Waals surface area contributed by atoms with Gasteiger partial charge >= 0.3 is 0 Å². The third-order valence-corrected chi connectivity index (χ3v) is 4.47. The molecule has 19 heavy (non-hydrogen) atoms. The number of ether oxygens (including phenoxy) is 3. The molecule has 1 aromatic rings. The van der Waals surface area contributed by atoms with Gasteiger partial charge < -0.3 is 14.2 Å². The molecule has 0 unspecified atom stereocenters. The molecule has 0 amide bonds. The molecule has 4 heteroatoms. The molecule has 4 nitrogen and oxygen atoms in total. The second kappa shape index (κ2) is 4.22. The number of hydrogen-bond donors (Lipinski definition) is 0. The van der Waals surface area contributed by atoms with Gasteiger partial charge in [-0.3, -0.25) is 0 Å². The Bertz CT molecular complexity index is 539. The predicted octanol–water partition coefficient (Wildman–Crippen LogP) is 1.81. The number of methoxy groups -OCH3 is 1. The number of benzene rings is 1. The van der Waals surface area contributed by atoms with Crippen LogP contribution in [0.3, 0.4) is 0 Å². The first-order valence-corrected chi connectivity index (χ1v) is 6.39. The summed E-state index contributed by atoms with van der Waals surface area (Å²) in [6.07, 6.45) is 0. The van der Waals surface area contributed by atoms with E-state index in [1.165, 1.54) is 0 Å². The summed E-state index contributed by atoms with van der Waals surface area (Å²) in [7, 11) is 1.67. The van der Waals surface area contributed by atoms with Gasteiger partial charge in [-0.05, 0) is 24.1 Å². The Labute approximate surface area is 112 Å². The average Bonchev–Trinajstić information content (AvgIpc) is 2.31. The molecule has 0 spiro atoms. The zero-order chi connectivity index (χ0) is 13.5. The van der Waals surface area contributed by atoms with Crippen LogP contribution < -0.4 is 4.74 Å². The highest BCUT2D eigenvalue weighted by molar-refractivity contribution is 5.44. The van der Waals surface area contributed by atoms with Crippen LogP contribution in [0.15, 0.2) is 18.2 Å². The fourth-order valence-electron chi connectivity index (χ4n) is 2.96. The zero-order valence-corrected chi connectivity index (χ0v) is 11.2. The molecule has 2 heterocycles. The molecule has 100 valence electrons. The van der Waals surface area contributed by atoms with Crippen molar-refractivity contribution in [3.05, 3.63) is 29.3 Å². The van der Waals surface area contributed by atoms with Gasteiger partial charge in [0.25, 0.3) is 0 Å². The first-order chi connectivity index (χ1) is 9.17. The van der Waals surface area contributed by atoms with Crippen LogP contribution >= 0.6 is 0 Å². The maximum Gasteiger partial charge on any atom is 0.121 e. The van der Waals surface area contributed by atoms with E-state index < -0.39 is 5.41 Å². The fourth-order valence-corrected chi connectivity index (χ4v) is 2.96. The standard InChI is InChI=1S/C15H17NO3/c1-11-5-12(3-4-13(11)17-2)15(9-19-10-15)14(6-16)7-18-8-14/h3-5H,7-10H2,1-2H3. The minimum atomic E-state index is -0.438. The summed E-state index contributed by atoms with van der Waals surface area (Å²) in [5.74, 6) is 0.870. The SMILES string of the molecule is COc1ccc(C2(C3(C#N)COC3)COC2)cc1C. The molecule has 2 aliphatic heterocycles. The van der Waals surface area contributed by atoms with Gasteiger partial charge in [-0.1, -0.05) is 12.1 Å². The Morgan fingerprint density at radius 3 is 2.26 bits per heavy atom. The van der Waals surface area contributed by atoms with Crippen LogP contribution in [0.2, 0.25) is 0 Å². The van der Waals surface area contributed by atoms with Crippen LogP contribution in [0.5, 0.6) is 5.75 Å². The monoisotopic (exact) mass is 259 g/mol. The molecule has 0 bridgehead atoms. The molecule has 2 saturated heterocycles. The third-order valence-electron chi connectivity index (χ3n) is 4.47. The topological polar surface area (TPSA) is 51.5 Å². The van der Waals surface area contributed by atoms with E-state index in [-0.39, 0.29) is 5.41 Å². The molecule has 3 rings (SSSR count). The molecule has 0 saturated carbocycles. The molecule has 0 atom stereocenters. The van der Waals surface area contributed by atoms with E-state index in [1.54, 1.807) is 7.11 Å². The maximum atomic E-state index is 9.56.